The number of ether oxygens (including phenoxy) is 8. The van der Waals surface area contributed by atoms with Gasteiger partial charge in [-0.15, -0.1) is 0 Å². The highest BCUT2D eigenvalue weighted by molar-refractivity contribution is 7.03. The third-order valence-corrected chi connectivity index (χ3v) is 29.7. The van der Waals surface area contributed by atoms with Crippen LogP contribution in [-0.4, -0.2) is 45.1 Å². The number of fused-ring (bicyclic) bond motifs is 16. The van der Waals surface area contributed by atoms with E-state index < -0.39 is 0 Å². The fourth-order valence-electron chi connectivity index (χ4n) is 24.8. The van der Waals surface area contributed by atoms with Gasteiger partial charge in [0.2, 0.25) is 0 Å². The molecular formula is C115H62B4N4O8. The van der Waals surface area contributed by atoms with Gasteiger partial charge in [0.25, 0.3) is 26.9 Å². The normalized spacial score (nSPS) is 13.8. The molecule has 0 fully saturated rings. The van der Waals surface area contributed by atoms with Gasteiger partial charge in [0.15, 0.2) is 0 Å². The highest BCUT2D eigenvalue weighted by atomic mass is 16.5. The van der Waals surface area contributed by atoms with Crippen LogP contribution < -0.4 is 103 Å². The maximum absolute atomic E-state index is 6.76. The lowest BCUT2D eigenvalue weighted by Gasteiger charge is -2.38. The van der Waals surface area contributed by atoms with Crippen LogP contribution in [0.2, 0.25) is 0 Å². The van der Waals surface area contributed by atoms with Gasteiger partial charge in [0.1, 0.15) is 92.0 Å². The first kappa shape index (κ1) is 69.3. The molecule has 23 aromatic rings. The Labute approximate surface area is 749 Å². The molecule has 12 nitrogen and oxygen atoms in total. The van der Waals surface area contributed by atoms with E-state index in [0.717, 1.165) is 131 Å². The molecule has 12 aliphatic heterocycles. The minimum Gasteiger partial charge on any atom is -0.458 e. The average molecular weight is 1670 g/mol. The van der Waals surface area contributed by atoms with E-state index in [9.17, 15) is 0 Å². The molecule has 0 radical (unpaired) electrons. The molecule has 35 rings (SSSR count). The summed E-state index contributed by atoms with van der Waals surface area (Å²) in [7, 11) is 0. The summed E-state index contributed by atoms with van der Waals surface area (Å²) in [6.45, 7) is 2.60. The standard InChI is InChI=1S/3C30H16BNO2.C25H14BNO2/c1-2-8-17(9-3-1)19-16-20-18-10-4-5-11-21(18)32-22-12-6-13-23-26(22)31-27-24(33-23)14-7-15-25(27)34-30(19)28(31)29(20)32;1-2-8-17(9-3-1)19-16-25-29-30-26(19)18-10-4-5-11-20(18)32(30)21-12-6-13-22-27(21)31(29)28-23(33-22)14-7-15-24(28)34-25;1-2-7-17(8-3-1)18-13-15-25-28-30(18)34-24-16-14-20-19-9-4-5-10-21(19)32-22-11-6-12-23(33-25)26(22)31(28)27(24)29(20)32;1-13-5-2-6-15-21(13)14-11-12-20-24-25(14)27(15)16-7-3-8-17-22(16)26(24)23-18(28-17)9-4-10-19(23)29-20/h3*1-16H;2-12H,1H3. The van der Waals surface area contributed by atoms with Crippen molar-refractivity contribution in [3.63, 3.8) is 0 Å². The zero-order valence-electron chi connectivity index (χ0n) is 69.9. The fourth-order valence-corrected chi connectivity index (χ4v) is 24.8. The van der Waals surface area contributed by atoms with Crippen molar-refractivity contribution in [3.05, 3.63) is 363 Å². The van der Waals surface area contributed by atoms with Crippen LogP contribution in [0.3, 0.4) is 0 Å². The van der Waals surface area contributed by atoms with Gasteiger partial charge in [-0.2, -0.15) is 0 Å². The summed E-state index contributed by atoms with van der Waals surface area (Å²) in [4.78, 5) is 0. The number of hydrogen-bond acceptors (Lipinski definition) is 8. The van der Waals surface area contributed by atoms with E-state index in [1.807, 2.05) is 24.3 Å². The second-order valence-electron chi connectivity index (χ2n) is 36.0. The molecule has 4 aromatic heterocycles. The number of benzene rings is 19. The molecule has 12 aliphatic rings. The van der Waals surface area contributed by atoms with Crippen molar-refractivity contribution in [3.8, 4) is 148 Å². The molecule has 602 valence electrons. The molecule has 0 atom stereocenters. The summed E-state index contributed by atoms with van der Waals surface area (Å²) in [6.07, 6.45) is 0. The van der Waals surface area contributed by atoms with Gasteiger partial charge >= 0.3 is 0 Å². The van der Waals surface area contributed by atoms with Crippen molar-refractivity contribution in [1.29, 1.82) is 0 Å². The monoisotopic (exact) mass is 1670 g/mol. The van der Waals surface area contributed by atoms with Crippen molar-refractivity contribution < 1.29 is 37.9 Å². The van der Waals surface area contributed by atoms with Crippen LogP contribution in [0, 0.1) is 6.92 Å². The Bertz CT molecular complexity index is 9300. The third kappa shape index (κ3) is 8.75. The van der Waals surface area contributed by atoms with Crippen LogP contribution in [0.25, 0.3) is 143 Å². The summed E-state index contributed by atoms with van der Waals surface area (Å²) in [5.74, 6) is 14.7. The minimum atomic E-state index is 0.0814. The van der Waals surface area contributed by atoms with Crippen LogP contribution in [0.5, 0.6) is 92.0 Å². The topological polar surface area (TPSA) is 93.6 Å². The summed E-state index contributed by atoms with van der Waals surface area (Å²) < 4.78 is 62.0. The van der Waals surface area contributed by atoms with E-state index in [2.05, 4.69) is 359 Å². The SMILES string of the molecule is Cc1cccc2c1c1ccc3c4c1n2-c1cccc2c1B4c1c(cccc1O3)O2.c1ccc(-c2cc3c4c5c2c2ccccc2n5-c2cccc5c2B4c2c(cccc2O3)O5)cc1.c1ccc(-c2cc3c4ccccc4n4c3c3c2Oc2cccc5c2B3c2c(cccc2-4)O5)cc1.c1ccc(-c2ccc3c4c2Oc2ccc5c6ccccc6n6c5c2B4c2c(cccc2-6)O3)cc1. The second kappa shape index (κ2) is 24.8. The van der Waals surface area contributed by atoms with Crippen LogP contribution in [0.4, 0.5) is 0 Å². The molecule has 19 aromatic carbocycles. The van der Waals surface area contributed by atoms with Crippen molar-refractivity contribution in [1.82, 2.24) is 18.3 Å². The van der Waals surface area contributed by atoms with Gasteiger partial charge in [0, 0.05) is 98.8 Å². The van der Waals surface area contributed by atoms with Gasteiger partial charge < -0.3 is 56.2 Å². The van der Waals surface area contributed by atoms with Crippen molar-refractivity contribution in [2.24, 2.45) is 0 Å². The number of hydrogen-bond donors (Lipinski definition) is 0. The molecule has 0 N–H and O–H groups in total. The zero-order chi connectivity index (χ0) is 84.7. The van der Waals surface area contributed by atoms with Crippen LogP contribution >= 0.6 is 0 Å². The predicted molar refractivity (Wildman–Crippen MR) is 529 cm³/mol. The van der Waals surface area contributed by atoms with Crippen molar-refractivity contribution >= 4 is 180 Å². The van der Waals surface area contributed by atoms with Gasteiger partial charge in [-0.1, -0.05) is 200 Å². The van der Waals surface area contributed by atoms with E-state index >= 15 is 0 Å². The highest BCUT2D eigenvalue weighted by Crippen LogP contribution is 2.53. The maximum atomic E-state index is 6.76. The molecule has 131 heavy (non-hydrogen) atoms. The first-order valence-electron chi connectivity index (χ1n) is 45.0. The van der Waals surface area contributed by atoms with E-state index in [1.54, 1.807) is 0 Å². The van der Waals surface area contributed by atoms with E-state index in [1.165, 1.54) is 176 Å². The first-order valence-corrected chi connectivity index (χ1v) is 45.0. The lowest BCUT2D eigenvalue weighted by atomic mass is 9.33. The molecule has 0 saturated heterocycles. The Morgan fingerprint density at radius 2 is 0.511 bits per heavy atom. The minimum absolute atomic E-state index is 0.0814. The van der Waals surface area contributed by atoms with Crippen LogP contribution in [0.15, 0.2) is 358 Å². The summed E-state index contributed by atoms with van der Waals surface area (Å²) >= 11 is 0. The molecular weight excluding hydrogens is 1610 g/mol. The molecule has 0 bridgehead atoms. The maximum Gasteiger partial charge on any atom is 0.266 e. The van der Waals surface area contributed by atoms with Gasteiger partial charge in [-0.3, -0.25) is 0 Å². The Morgan fingerprint density at radius 1 is 0.183 bits per heavy atom. The Morgan fingerprint density at radius 3 is 1.04 bits per heavy atom. The van der Waals surface area contributed by atoms with Crippen LogP contribution in [0.1, 0.15) is 5.56 Å². The van der Waals surface area contributed by atoms with Gasteiger partial charge in [-0.25, -0.2) is 0 Å². The van der Waals surface area contributed by atoms with Crippen LogP contribution in [-0.2, 0) is 0 Å². The van der Waals surface area contributed by atoms with Crippen molar-refractivity contribution in [2.75, 3.05) is 0 Å². The molecule has 0 amide bonds. The van der Waals surface area contributed by atoms with Crippen molar-refractivity contribution in [2.45, 2.75) is 6.92 Å². The predicted octanol–water partition coefficient (Wildman–Crippen LogP) is 20.6. The lowest BCUT2D eigenvalue weighted by molar-refractivity contribution is 0.464. The number of aryl methyl sites for hydroxylation is 1. The van der Waals surface area contributed by atoms with Gasteiger partial charge in [-0.05, 0) is 236 Å². The Hall–Kier alpha value is -17.0. The number of rotatable bonds is 3. The summed E-state index contributed by atoms with van der Waals surface area (Å²) in [5, 5.41) is 10.2. The smallest absolute Gasteiger partial charge is 0.266 e. The number of para-hydroxylation sites is 3. The summed E-state index contributed by atoms with van der Waals surface area (Å²) in [6, 6.07) is 126. The Kier molecular flexibility index (Phi) is 13.1. The highest BCUT2D eigenvalue weighted by Gasteiger charge is 2.53. The lowest BCUT2D eigenvalue weighted by Crippen LogP contribution is -2.60. The Balaban J connectivity index is 0.0000000811. The van der Waals surface area contributed by atoms with E-state index in [0.29, 0.717) is 0 Å². The number of nitrogens with zero attached hydrogens (tertiary/aromatic N) is 4. The zero-order valence-corrected chi connectivity index (χ0v) is 69.9. The summed E-state index contributed by atoms with van der Waals surface area (Å²) in [5.41, 5.74) is 37.4. The molecule has 16 heteroatoms. The fraction of sp³-hybridized carbons (Fsp3) is 0.00870. The second-order valence-corrected chi connectivity index (χ2v) is 36.0. The van der Waals surface area contributed by atoms with Gasteiger partial charge in [0.05, 0.1) is 44.1 Å². The molecule has 0 spiro atoms. The first-order chi connectivity index (χ1) is 65.0. The molecule has 0 aliphatic carbocycles. The largest absolute Gasteiger partial charge is 0.458 e. The molecule has 16 heterocycles. The van der Waals surface area contributed by atoms with E-state index in [-0.39, 0.29) is 26.9 Å². The average Bonchev–Trinajstić information content (AvgIpc) is 1.61. The molecule has 0 saturated carbocycles. The quantitative estimate of drug-likeness (QED) is 0.162. The number of aromatic nitrogens is 4. The van der Waals surface area contributed by atoms with E-state index in [4.69, 9.17) is 37.9 Å². The molecule has 0 unspecified atom stereocenters. The third-order valence-electron chi connectivity index (χ3n) is 29.7.